The van der Waals surface area contributed by atoms with Gasteiger partial charge in [0.15, 0.2) is 11.5 Å². The molecule has 1 aliphatic heterocycles. The fraction of sp³-hybridized carbons (Fsp3) is 0.294. The van der Waals surface area contributed by atoms with Gasteiger partial charge in [-0.1, -0.05) is 30.3 Å². The zero-order valence-corrected chi connectivity index (χ0v) is 12.8. The summed E-state index contributed by atoms with van der Waals surface area (Å²) in [6.45, 7) is 1.81. The second-order valence-corrected chi connectivity index (χ2v) is 5.65. The van der Waals surface area contributed by atoms with Gasteiger partial charge in [-0.2, -0.15) is 0 Å². The van der Waals surface area contributed by atoms with Crippen LogP contribution >= 0.6 is 0 Å². The van der Waals surface area contributed by atoms with Crippen molar-refractivity contribution in [1.29, 1.82) is 0 Å². The maximum atomic E-state index is 12.5. The van der Waals surface area contributed by atoms with E-state index in [9.17, 15) is 14.7 Å². The summed E-state index contributed by atoms with van der Waals surface area (Å²) in [4.78, 5) is 27.9. The predicted octanol–water partition coefficient (Wildman–Crippen LogP) is 1.47. The largest absolute Gasteiger partial charge is 0.502 e. The Bertz CT molecular complexity index is 757. The van der Waals surface area contributed by atoms with E-state index in [-0.39, 0.29) is 17.7 Å². The molecule has 0 radical (unpaired) electrons. The number of likely N-dealkylation sites (N-methyl/N-ethyl adjacent to an activating group) is 1. The van der Waals surface area contributed by atoms with Crippen molar-refractivity contribution in [2.75, 3.05) is 26.7 Å². The predicted molar refractivity (Wildman–Crippen MR) is 84.4 cm³/mol. The van der Waals surface area contributed by atoms with Crippen LogP contribution in [0.5, 0.6) is 5.75 Å². The average Bonchev–Trinajstić information content (AvgIpc) is 2.58. The molecule has 2 heterocycles. The van der Waals surface area contributed by atoms with E-state index < -0.39 is 11.2 Å². The Morgan fingerprint density at radius 1 is 1.26 bits per heavy atom. The minimum atomic E-state index is -0.617. The van der Waals surface area contributed by atoms with Crippen LogP contribution in [0.3, 0.4) is 0 Å². The highest BCUT2D eigenvalue weighted by Crippen LogP contribution is 2.24. The smallest absolute Gasteiger partial charge is 0.289 e. The van der Waals surface area contributed by atoms with Crippen molar-refractivity contribution in [2.24, 2.45) is 0 Å². The maximum Gasteiger partial charge on any atom is 0.289 e. The third kappa shape index (κ3) is 3.12. The maximum absolute atomic E-state index is 12.5. The van der Waals surface area contributed by atoms with E-state index in [1.54, 1.807) is 4.90 Å². The Kier molecular flexibility index (Phi) is 4.16. The molecule has 3 rings (SSSR count). The number of carbonyl (C=O) groups is 1. The van der Waals surface area contributed by atoms with E-state index >= 15 is 0 Å². The van der Waals surface area contributed by atoms with Crippen LogP contribution in [0.25, 0.3) is 0 Å². The Morgan fingerprint density at radius 2 is 2.00 bits per heavy atom. The highest BCUT2D eigenvalue weighted by molar-refractivity contribution is 5.91. The van der Waals surface area contributed by atoms with Gasteiger partial charge in [-0.25, -0.2) is 0 Å². The molecular weight excluding hydrogens is 296 g/mol. The first kappa shape index (κ1) is 15.3. The first-order valence-electron chi connectivity index (χ1n) is 7.42. The van der Waals surface area contributed by atoms with Crippen molar-refractivity contribution in [3.05, 3.63) is 64.2 Å². The molecule has 1 aromatic heterocycles. The molecule has 2 aromatic rings. The average molecular weight is 314 g/mol. The molecule has 1 saturated heterocycles. The third-order valence-electron chi connectivity index (χ3n) is 4.14. The van der Waals surface area contributed by atoms with Crippen LogP contribution < -0.4 is 5.43 Å². The molecule has 0 saturated carbocycles. The van der Waals surface area contributed by atoms with E-state index in [0.29, 0.717) is 13.1 Å². The van der Waals surface area contributed by atoms with E-state index in [1.807, 2.05) is 37.4 Å². The first-order chi connectivity index (χ1) is 11.1. The second-order valence-electron chi connectivity index (χ2n) is 5.65. The molecule has 6 nitrogen and oxygen atoms in total. The molecule has 1 aromatic carbocycles. The van der Waals surface area contributed by atoms with Gasteiger partial charge < -0.3 is 14.4 Å². The van der Waals surface area contributed by atoms with Gasteiger partial charge in [-0.05, 0) is 12.6 Å². The number of hydrogen-bond acceptors (Lipinski definition) is 5. The molecule has 1 fully saturated rings. The zero-order valence-electron chi connectivity index (χ0n) is 12.8. The SMILES string of the molecule is CN1CCN(C(=O)c2cc(=O)c(O)co2)C[C@H]1c1ccccc1. The fourth-order valence-corrected chi connectivity index (χ4v) is 2.77. The van der Waals surface area contributed by atoms with Crippen LogP contribution in [-0.4, -0.2) is 47.5 Å². The van der Waals surface area contributed by atoms with Gasteiger partial charge in [0, 0.05) is 25.7 Å². The summed E-state index contributed by atoms with van der Waals surface area (Å²) in [5, 5.41) is 9.22. The van der Waals surface area contributed by atoms with Crippen LogP contribution in [0.1, 0.15) is 22.2 Å². The van der Waals surface area contributed by atoms with Gasteiger partial charge in [-0.15, -0.1) is 0 Å². The normalized spacial score (nSPS) is 18.8. The van der Waals surface area contributed by atoms with Crippen LogP contribution in [0.15, 0.2) is 51.9 Å². The number of nitrogens with zero attached hydrogens (tertiary/aromatic N) is 2. The molecule has 23 heavy (non-hydrogen) atoms. The molecule has 1 aliphatic rings. The van der Waals surface area contributed by atoms with Gasteiger partial charge in [0.05, 0.1) is 6.04 Å². The number of piperazine rings is 1. The van der Waals surface area contributed by atoms with Crippen LogP contribution in [0, 0.1) is 0 Å². The lowest BCUT2D eigenvalue weighted by Crippen LogP contribution is -2.49. The summed E-state index contributed by atoms with van der Waals surface area (Å²) >= 11 is 0. The Labute approximate surface area is 133 Å². The summed E-state index contributed by atoms with van der Waals surface area (Å²) < 4.78 is 5.07. The number of rotatable bonds is 2. The van der Waals surface area contributed by atoms with Gasteiger partial charge in [-0.3, -0.25) is 14.5 Å². The number of amides is 1. The minimum absolute atomic E-state index is 0.0517. The second kappa shape index (κ2) is 6.26. The molecule has 6 heteroatoms. The van der Waals surface area contributed by atoms with Crippen molar-refractivity contribution in [3.63, 3.8) is 0 Å². The quantitative estimate of drug-likeness (QED) is 0.909. The summed E-state index contributed by atoms with van der Waals surface area (Å²) in [5.41, 5.74) is 0.521. The molecule has 0 aliphatic carbocycles. The molecule has 1 atom stereocenters. The summed E-state index contributed by atoms with van der Waals surface area (Å²) in [6.07, 6.45) is 0.903. The molecular formula is C17H18N2O4. The van der Waals surface area contributed by atoms with Crippen LogP contribution in [-0.2, 0) is 0 Å². The third-order valence-corrected chi connectivity index (χ3v) is 4.14. The monoisotopic (exact) mass is 314 g/mol. The van der Waals surface area contributed by atoms with Crippen LogP contribution in [0.4, 0.5) is 0 Å². The highest BCUT2D eigenvalue weighted by atomic mass is 16.4. The number of aromatic hydroxyl groups is 1. The minimum Gasteiger partial charge on any atom is -0.502 e. The van der Waals surface area contributed by atoms with E-state index in [1.165, 1.54) is 0 Å². The van der Waals surface area contributed by atoms with E-state index in [0.717, 1.165) is 24.4 Å². The van der Waals surface area contributed by atoms with Crippen molar-refractivity contribution < 1.29 is 14.3 Å². The molecule has 0 spiro atoms. The highest BCUT2D eigenvalue weighted by Gasteiger charge is 2.30. The Hall–Kier alpha value is -2.60. The van der Waals surface area contributed by atoms with Gasteiger partial charge in [0.1, 0.15) is 6.26 Å². The van der Waals surface area contributed by atoms with Gasteiger partial charge >= 0.3 is 0 Å². The number of benzene rings is 1. The topological polar surface area (TPSA) is 74.0 Å². The lowest BCUT2D eigenvalue weighted by molar-refractivity contribution is 0.0514. The molecule has 120 valence electrons. The summed E-state index contributed by atoms with van der Waals surface area (Å²) in [6, 6.07) is 11.1. The zero-order chi connectivity index (χ0) is 16.4. The lowest BCUT2D eigenvalue weighted by Gasteiger charge is -2.39. The summed E-state index contributed by atoms with van der Waals surface area (Å²) in [7, 11) is 2.03. The van der Waals surface area contributed by atoms with Gasteiger partial charge in [0.2, 0.25) is 5.43 Å². The number of carbonyl (C=O) groups excluding carboxylic acids is 1. The van der Waals surface area contributed by atoms with Crippen molar-refractivity contribution in [2.45, 2.75) is 6.04 Å². The van der Waals surface area contributed by atoms with Gasteiger partial charge in [0.25, 0.3) is 5.91 Å². The van der Waals surface area contributed by atoms with Crippen molar-refractivity contribution >= 4 is 5.91 Å². The van der Waals surface area contributed by atoms with Crippen molar-refractivity contribution in [3.8, 4) is 5.75 Å². The number of hydrogen-bond donors (Lipinski definition) is 1. The first-order valence-corrected chi connectivity index (χ1v) is 7.42. The Morgan fingerprint density at radius 3 is 2.70 bits per heavy atom. The Balaban J connectivity index is 1.82. The lowest BCUT2D eigenvalue weighted by atomic mass is 10.0. The van der Waals surface area contributed by atoms with E-state index in [4.69, 9.17) is 4.42 Å². The van der Waals surface area contributed by atoms with Crippen LogP contribution in [0.2, 0.25) is 0 Å². The molecule has 1 N–H and O–H groups in total. The fourth-order valence-electron chi connectivity index (χ4n) is 2.77. The summed E-state index contributed by atoms with van der Waals surface area (Å²) in [5.74, 6) is -0.887. The standard InChI is InChI=1S/C17H18N2O4/c1-18-7-8-19(10-13(18)12-5-3-2-4-6-12)17(22)16-9-14(20)15(21)11-23-16/h2-6,9,11,13,21H,7-8,10H2,1H3/t13-/m0/s1. The van der Waals surface area contributed by atoms with E-state index in [2.05, 4.69) is 4.90 Å². The molecule has 0 bridgehead atoms. The molecule has 0 unspecified atom stereocenters. The van der Waals surface area contributed by atoms with Crippen molar-refractivity contribution in [1.82, 2.24) is 9.80 Å². The molecule has 1 amide bonds.